The number of nitro benzene ring substituents is 1. The second-order valence-electron chi connectivity index (χ2n) is 5.22. The summed E-state index contributed by atoms with van der Waals surface area (Å²) in [5.41, 5.74) is 9.64. The van der Waals surface area contributed by atoms with E-state index in [4.69, 9.17) is 5.73 Å². The Bertz CT molecular complexity index is 701. The molecule has 0 saturated heterocycles. The van der Waals surface area contributed by atoms with Crippen LogP contribution >= 0.6 is 11.8 Å². The molecule has 1 aliphatic carbocycles. The maximum Gasteiger partial charge on any atom is 0.292 e. The second kappa shape index (κ2) is 5.77. The van der Waals surface area contributed by atoms with Crippen molar-refractivity contribution in [3.05, 3.63) is 63.2 Å². The van der Waals surface area contributed by atoms with Crippen molar-refractivity contribution in [2.45, 2.75) is 29.9 Å². The number of nitrogen functional groups attached to an aromatic ring is 1. The molecule has 21 heavy (non-hydrogen) atoms. The minimum Gasteiger partial charge on any atom is -0.393 e. The SMILES string of the molecule is Nc1ccc(CSc2ccc3c(c2)CCC3)cc1[N+](=O)[O-]. The molecular formula is C16H16N2O2S. The molecule has 0 fully saturated rings. The number of anilines is 1. The Morgan fingerprint density at radius 2 is 1.95 bits per heavy atom. The molecular weight excluding hydrogens is 284 g/mol. The fourth-order valence-corrected chi connectivity index (χ4v) is 3.54. The van der Waals surface area contributed by atoms with Crippen molar-refractivity contribution in [2.75, 3.05) is 5.73 Å². The summed E-state index contributed by atoms with van der Waals surface area (Å²) in [5, 5.41) is 10.9. The number of nitrogens with two attached hydrogens (primary N) is 1. The zero-order valence-electron chi connectivity index (χ0n) is 11.5. The number of fused-ring (bicyclic) bond motifs is 1. The summed E-state index contributed by atoms with van der Waals surface area (Å²) in [6, 6.07) is 11.6. The van der Waals surface area contributed by atoms with Crippen LogP contribution in [0.3, 0.4) is 0 Å². The number of aryl methyl sites for hydroxylation is 2. The maximum absolute atomic E-state index is 10.9. The van der Waals surface area contributed by atoms with Gasteiger partial charge in [-0.15, -0.1) is 11.8 Å². The Morgan fingerprint density at radius 1 is 1.14 bits per heavy atom. The minimum atomic E-state index is -0.432. The molecule has 0 saturated carbocycles. The van der Waals surface area contributed by atoms with Crippen LogP contribution in [0.2, 0.25) is 0 Å². The summed E-state index contributed by atoms with van der Waals surface area (Å²) in [7, 11) is 0. The highest BCUT2D eigenvalue weighted by atomic mass is 32.2. The molecule has 0 amide bonds. The van der Waals surface area contributed by atoms with Crippen molar-refractivity contribution >= 4 is 23.1 Å². The lowest BCUT2D eigenvalue weighted by Crippen LogP contribution is -1.96. The molecule has 0 atom stereocenters. The van der Waals surface area contributed by atoms with E-state index in [0.29, 0.717) is 5.75 Å². The third-order valence-electron chi connectivity index (χ3n) is 3.77. The van der Waals surface area contributed by atoms with Gasteiger partial charge in [-0.1, -0.05) is 12.1 Å². The molecule has 0 bridgehead atoms. The number of nitrogens with zero attached hydrogens (tertiary/aromatic N) is 1. The lowest BCUT2D eigenvalue weighted by molar-refractivity contribution is -0.383. The van der Waals surface area contributed by atoms with E-state index in [2.05, 4.69) is 18.2 Å². The van der Waals surface area contributed by atoms with Crippen molar-refractivity contribution in [2.24, 2.45) is 0 Å². The second-order valence-corrected chi connectivity index (χ2v) is 6.27. The molecule has 0 radical (unpaired) electrons. The van der Waals surface area contributed by atoms with Gasteiger partial charge in [0.15, 0.2) is 0 Å². The van der Waals surface area contributed by atoms with Crippen LogP contribution in [0, 0.1) is 10.1 Å². The highest BCUT2D eigenvalue weighted by Crippen LogP contribution is 2.31. The van der Waals surface area contributed by atoms with E-state index < -0.39 is 4.92 Å². The van der Waals surface area contributed by atoms with Crippen molar-refractivity contribution < 1.29 is 4.92 Å². The number of hydrogen-bond acceptors (Lipinski definition) is 4. The van der Waals surface area contributed by atoms with E-state index in [-0.39, 0.29) is 11.4 Å². The van der Waals surface area contributed by atoms with E-state index in [1.54, 1.807) is 23.9 Å². The molecule has 2 aromatic carbocycles. The van der Waals surface area contributed by atoms with E-state index in [1.165, 1.54) is 28.9 Å². The molecule has 108 valence electrons. The normalized spacial score (nSPS) is 13.1. The fourth-order valence-electron chi connectivity index (χ4n) is 2.64. The highest BCUT2D eigenvalue weighted by Gasteiger charge is 2.13. The zero-order chi connectivity index (χ0) is 14.8. The van der Waals surface area contributed by atoms with Crippen LogP contribution in [0.15, 0.2) is 41.3 Å². The Balaban J connectivity index is 1.73. The van der Waals surface area contributed by atoms with Crippen LogP contribution in [0.1, 0.15) is 23.1 Å². The topological polar surface area (TPSA) is 69.2 Å². The van der Waals surface area contributed by atoms with Crippen LogP contribution < -0.4 is 5.73 Å². The lowest BCUT2D eigenvalue weighted by atomic mass is 10.1. The third kappa shape index (κ3) is 3.03. The zero-order valence-corrected chi connectivity index (χ0v) is 12.4. The van der Waals surface area contributed by atoms with Crippen molar-refractivity contribution in [3.63, 3.8) is 0 Å². The Hall–Kier alpha value is -2.01. The van der Waals surface area contributed by atoms with Gasteiger partial charge in [-0.3, -0.25) is 10.1 Å². The van der Waals surface area contributed by atoms with Gasteiger partial charge in [0.1, 0.15) is 5.69 Å². The van der Waals surface area contributed by atoms with Gasteiger partial charge in [0, 0.05) is 16.7 Å². The van der Waals surface area contributed by atoms with Gasteiger partial charge >= 0.3 is 0 Å². The molecule has 5 heteroatoms. The van der Waals surface area contributed by atoms with E-state index in [9.17, 15) is 10.1 Å². The average Bonchev–Trinajstić information content (AvgIpc) is 2.93. The predicted molar refractivity (Wildman–Crippen MR) is 85.5 cm³/mol. The van der Waals surface area contributed by atoms with Crippen LogP contribution in [-0.2, 0) is 18.6 Å². The highest BCUT2D eigenvalue weighted by molar-refractivity contribution is 7.98. The Labute approximate surface area is 127 Å². The molecule has 4 nitrogen and oxygen atoms in total. The summed E-state index contributed by atoms with van der Waals surface area (Å²) < 4.78 is 0. The first-order valence-corrected chi connectivity index (χ1v) is 7.89. The smallest absolute Gasteiger partial charge is 0.292 e. The molecule has 2 aromatic rings. The number of thioether (sulfide) groups is 1. The van der Waals surface area contributed by atoms with E-state index in [1.807, 2.05) is 6.07 Å². The molecule has 0 aromatic heterocycles. The number of nitro groups is 1. The van der Waals surface area contributed by atoms with E-state index >= 15 is 0 Å². The lowest BCUT2D eigenvalue weighted by Gasteiger charge is -2.06. The quantitative estimate of drug-likeness (QED) is 0.401. The van der Waals surface area contributed by atoms with Gasteiger partial charge in [0.2, 0.25) is 0 Å². The third-order valence-corrected chi connectivity index (χ3v) is 4.83. The van der Waals surface area contributed by atoms with Gasteiger partial charge in [0.05, 0.1) is 4.92 Å². The fraction of sp³-hybridized carbons (Fsp3) is 0.250. The Kier molecular flexibility index (Phi) is 3.84. The molecule has 0 heterocycles. The van der Waals surface area contributed by atoms with Crippen molar-refractivity contribution in [1.82, 2.24) is 0 Å². The average molecular weight is 300 g/mol. The first kappa shape index (κ1) is 13.9. The van der Waals surface area contributed by atoms with Crippen LogP contribution in [0.5, 0.6) is 0 Å². The summed E-state index contributed by atoms with van der Waals surface area (Å²) in [5.74, 6) is 0.708. The molecule has 0 unspecified atom stereocenters. The van der Waals surface area contributed by atoms with Crippen LogP contribution in [0.25, 0.3) is 0 Å². The molecule has 0 spiro atoms. The summed E-state index contributed by atoms with van der Waals surface area (Å²) >= 11 is 1.70. The Morgan fingerprint density at radius 3 is 2.76 bits per heavy atom. The first-order valence-electron chi connectivity index (χ1n) is 6.91. The van der Waals surface area contributed by atoms with Gasteiger partial charge in [0.25, 0.3) is 5.69 Å². The molecule has 1 aliphatic rings. The summed E-state index contributed by atoms with van der Waals surface area (Å²) in [4.78, 5) is 11.7. The molecule has 2 N–H and O–H groups in total. The largest absolute Gasteiger partial charge is 0.393 e. The number of hydrogen-bond donors (Lipinski definition) is 1. The number of rotatable bonds is 4. The minimum absolute atomic E-state index is 0.0120. The van der Waals surface area contributed by atoms with Gasteiger partial charge < -0.3 is 5.73 Å². The monoisotopic (exact) mass is 300 g/mol. The molecule has 0 aliphatic heterocycles. The van der Waals surface area contributed by atoms with Crippen LogP contribution in [-0.4, -0.2) is 4.92 Å². The first-order chi connectivity index (χ1) is 10.1. The maximum atomic E-state index is 10.9. The number of benzene rings is 2. The van der Waals surface area contributed by atoms with Gasteiger partial charge in [-0.05, 0) is 54.2 Å². The predicted octanol–water partition coefficient (Wildman–Crippen LogP) is 3.96. The van der Waals surface area contributed by atoms with Gasteiger partial charge in [-0.25, -0.2) is 0 Å². The van der Waals surface area contributed by atoms with E-state index in [0.717, 1.165) is 12.0 Å². The summed E-state index contributed by atoms with van der Waals surface area (Å²) in [6.45, 7) is 0. The van der Waals surface area contributed by atoms with Crippen LogP contribution in [0.4, 0.5) is 11.4 Å². The van der Waals surface area contributed by atoms with Gasteiger partial charge in [-0.2, -0.15) is 0 Å². The standard InChI is InChI=1S/C16H16N2O2S/c17-15-7-4-11(8-16(15)18(19)20)10-21-14-6-5-12-2-1-3-13(12)9-14/h4-9H,1-3,10,17H2. The van der Waals surface area contributed by atoms with Crippen molar-refractivity contribution in [3.8, 4) is 0 Å². The van der Waals surface area contributed by atoms with Crippen molar-refractivity contribution in [1.29, 1.82) is 0 Å². The summed E-state index contributed by atoms with van der Waals surface area (Å²) in [6.07, 6.45) is 3.59. The molecule has 3 rings (SSSR count).